The molecule has 0 aliphatic carbocycles. The second-order valence-corrected chi connectivity index (χ2v) is 5.08. The van der Waals surface area contributed by atoms with Gasteiger partial charge in [-0.05, 0) is 12.5 Å². The Bertz CT molecular complexity index is 497. The fraction of sp³-hybridized carbons (Fsp3) is 0.400. The summed E-state index contributed by atoms with van der Waals surface area (Å²) in [5.41, 5.74) is 1.37. The van der Waals surface area contributed by atoms with E-state index in [0.29, 0.717) is 6.04 Å². The molecular formula is C15H19N3O. The molecule has 1 fully saturated rings. The van der Waals surface area contributed by atoms with Crippen LogP contribution in [0.25, 0.3) is 0 Å². The largest absolute Gasteiger partial charge is 0.432 e. The minimum atomic E-state index is 0.427. The van der Waals surface area contributed by atoms with E-state index in [2.05, 4.69) is 52.0 Å². The molecular weight excluding hydrogens is 238 g/mol. The summed E-state index contributed by atoms with van der Waals surface area (Å²) in [6.45, 7) is 6.29. The van der Waals surface area contributed by atoms with E-state index >= 15 is 0 Å². The van der Waals surface area contributed by atoms with E-state index in [1.54, 1.807) is 12.5 Å². The first-order chi connectivity index (χ1) is 9.33. The standard InChI is InChI=1S/C15H19N3O/c1-13-11-17(12-14-5-3-2-4-6-14)8-9-18(13)15-16-7-10-19-15/h2-7,10,13H,8-9,11-12H2,1H3. The molecule has 1 aliphatic heterocycles. The lowest BCUT2D eigenvalue weighted by Gasteiger charge is -2.39. The molecule has 2 aromatic rings. The third-order valence-electron chi connectivity index (χ3n) is 3.63. The molecule has 1 aliphatic rings. The second-order valence-electron chi connectivity index (χ2n) is 5.08. The maximum absolute atomic E-state index is 5.39. The number of nitrogens with zero attached hydrogens (tertiary/aromatic N) is 3. The van der Waals surface area contributed by atoms with E-state index in [-0.39, 0.29) is 0 Å². The molecule has 0 spiro atoms. The summed E-state index contributed by atoms with van der Waals surface area (Å²) in [5, 5.41) is 0. The summed E-state index contributed by atoms with van der Waals surface area (Å²) < 4.78 is 5.39. The molecule has 2 heterocycles. The van der Waals surface area contributed by atoms with Crippen molar-refractivity contribution in [2.24, 2.45) is 0 Å². The number of aromatic nitrogens is 1. The summed E-state index contributed by atoms with van der Waals surface area (Å²) in [6.07, 6.45) is 3.34. The Morgan fingerprint density at radius 3 is 2.79 bits per heavy atom. The third kappa shape index (κ3) is 2.79. The van der Waals surface area contributed by atoms with Gasteiger partial charge in [0.05, 0.1) is 6.20 Å². The summed E-state index contributed by atoms with van der Waals surface area (Å²) in [6, 6.07) is 11.8. The fourth-order valence-electron chi connectivity index (χ4n) is 2.66. The number of oxazole rings is 1. The zero-order chi connectivity index (χ0) is 13.1. The van der Waals surface area contributed by atoms with Crippen LogP contribution in [0.1, 0.15) is 12.5 Å². The molecule has 1 atom stereocenters. The minimum absolute atomic E-state index is 0.427. The van der Waals surface area contributed by atoms with E-state index in [1.165, 1.54) is 5.56 Å². The van der Waals surface area contributed by atoms with Gasteiger partial charge in [-0.3, -0.25) is 4.90 Å². The van der Waals surface area contributed by atoms with Crippen molar-refractivity contribution in [2.45, 2.75) is 19.5 Å². The van der Waals surface area contributed by atoms with Crippen molar-refractivity contribution in [3.05, 3.63) is 48.4 Å². The van der Waals surface area contributed by atoms with Crippen molar-refractivity contribution in [1.29, 1.82) is 0 Å². The summed E-state index contributed by atoms with van der Waals surface area (Å²) in [4.78, 5) is 8.96. The van der Waals surface area contributed by atoms with Crippen LogP contribution >= 0.6 is 0 Å². The van der Waals surface area contributed by atoms with Crippen LogP contribution in [0.3, 0.4) is 0 Å². The molecule has 0 radical (unpaired) electrons. The van der Waals surface area contributed by atoms with Gasteiger partial charge in [-0.1, -0.05) is 30.3 Å². The smallest absolute Gasteiger partial charge is 0.297 e. The molecule has 100 valence electrons. The van der Waals surface area contributed by atoms with Crippen molar-refractivity contribution in [1.82, 2.24) is 9.88 Å². The van der Waals surface area contributed by atoms with Gasteiger partial charge in [0, 0.05) is 32.2 Å². The monoisotopic (exact) mass is 257 g/mol. The average Bonchev–Trinajstić information content (AvgIpc) is 2.94. The first kappa shape index (κ1) is 12.2. The van der Waals surface area contributed by atoms with Crippen molar-refractivity contribution in [3.63, 3.8) is 0 Å². The molecule has 0 N–H and O–H groups in total. The van der Waals surface area contributed by atoms with Gasteiger partial charge in [-0.2, -0.15) is 0 Å². The molecule has 0 bridgehead atoms. The van der Waals surface area contributed by atoms with Gasteiger partial charge >= 0.3 is 0 Å². The van der Waals surface area contributed by atoms with Crippen LogP contribution in [0.5, 0.6) is 0 Å². The highest BCUT2D eigenvalue weighted by Gasteiger charge is 2.26. The molecule has 4 nitrogen and oxygen atoms in total. The van der Waals surface area contributed by atoms with Gasteiger partial charge in [0.1, 0.15) is 6.26 Å². The Hall–Kier alpha value is -1.81. The Balaban J connectivity index is 1.61. The Morgan fingerprint density at radius 1 is 1.26 bits per heavy atom. The second kappa shape index (κ2) is 5.45. The molecule has 0 amide bonds. The summed E-state index contributed by atoms with van der Waals surface area (Å²) >= 11 is 0. The van der Waals surface area contributed by atoms with Crippen LogP contribution in [-0.2, 0) is 6.54 Å². The predicted octanol–water partition coefficient (Wildman–Crippen LogP) is 2.39. The first-order valence-corrected chi connectivity index (χ1v) is 6.75. The van der Waals surface area contributed by atoms with Crippen LogP contribution in [0.2, 0.25) is 0 Å². The number of hydrogen-bond acceptors (Lipinski definition) is 4. The van der Waals surface area contributed by atoms with Gasteiger partial charge in [-0.25, -0.2) is 4.98 Å². The highest BCUT2D eigenvalue weighted by Crippen LogP contribution is 2.19. The van der Waals surface area contributed by atoms with Crippen LogP contribution in [0, 0.1) is 0 Å². The first-order valence-electron chi connectivity index (χ1n) is 6.75. The zero-order valence-corrected chi connectivity index (χ0v) is 11.2. The molecule has 19 heavy (non-hydrogen) atoms. The van der Waals surface area contributed by atoms with Gasteiger partial charge < -0.3 is 9.32 Å². The molecule has 1 aromatic heterocycles. The molecule has 4 heteroatoms. The van der Waals surface area contributed by atoms with Crippen molar-refractivity contribution in [2.75, 3.05) is 24.5 Å². The fourth-order valence-corrected chi connectivity index (χ4v) is 2.66. The highest BCUT2D eigenvalue weighted by atomic mass is 16.4. The van der Waals surface area contributed by atoms with E-state index < -0.39 is 0 Å². The number of hydrogen-bond donors (Lipinski definition) is 0. The predicted molar refractivity (Wildman–Crippen MR) is 75.0 cm³/mol. The van der Waals surface area contributed by atoms with Crippen molar-refractivity contribution in [3.8, 4) is 0 Å². The van der Waals surface area contributed by atoms with Gasteiger partial charge in [0.2, 0.25) is 0 Å². The van der Waals surface area contributed by atoms with E-state index in [4.69, 9.17) is 4.42 Å². The van der Waals surface area contributed by atoms with Gasteiger partial charge in [0.25, 0.3) is 6.01 Å². The Morgan fingerprint density at radius 2 is 2.11 bits per heavy atom. The molecule has 1 unspecified atom stereocenters. The van der Waals surface area contributed by atoms with Gasteiger partial charge in [-0.15, -0.1) is 0 Å². The van der Waals surface area contributed by atoms with Crippen molar-refractivity contribution < 1.29 is 4.42 Å². The maximum Gasteiger partial charge on any atom is 0.297 e. The number of anilines is 1. The molecule has 0 saturated carbocycles. The van der Waals surface area contributed by atoms with Crippen LogP contribution in [0.15, 0.2) is 47.2 Å². The zero-order valence-electron chi connectivity index (χ0n) is 11.2. The van der Waals surface area contributed by atoms with Crippen molar-refractivity contribution >= 4 is 6.01 Å². The van der Waals surface area contributed by atoms with Gasteiger partial charge in [0.15, 0.2) is 0 Å². The molecule has 3 rings (SSSR count). The summed E-state index contributed by atoms with van der Waals surface area (Å²) in [7, 11) is 0. The number of piperazine rings is 1. The normalized spacial score (nSPS) is 20.7. The van der Waals surface area contributed by atoms with Crippen LogP contribution in [-0.4, -0.2) is 35.6 Å². The highest BCUT2D eigenvalue weighted by molar-refractivity contribution is 5.28. The maximum atomic E-state index is 5.39. The third-order valence-corrected chi connectivity index (χ3v) is 3.63. The Kier molecular flexibility index (Phi) is 3.51. The topological polar surface area (TPSA) is 32.5 Å². The number of benzene rings is 1. The Labute approximate surface area is 113 Å². The van der Waals surface area contributed by atoms with Crippen LogP contribution < -0.4 is 4.90 Å². The van der Waals surface area contributed by atoms with E-state index in [9.17, 15) is 0 Å². The minimum Gasteiger partial charge on any atom is -0.432 e. The quantitative estimate of drug-likeness (QED) is 0.845. The average molecular weight is 257 g/mol. The molecule has 1 saturated heterocycles. The molecule has 1 aromatic carbocycles. The summed E-state index contributed by atoms with van der Waals surface area (Å²) in [5.74, 6) is 0. The SMILES string of the molecule is CC1CN(Cc2ccccc2)CCN1c1ncco1. The van der Waals surface area contributed by atoms with Crippen LogP contribution in [0.4, 0.5) is 6.01 Å². The van der Waals surface area contributed by atoms with E-state index in [1.807, 2.05) is 0 Å². The lowest BCUT2D eigenvalue weighted by atomic mass is 10.1. The lowest BCUT2D eigenvalue weighted by Crippen LogP contribution is -2.51. The van der Waals surface area contributed by atoms with E-state index in [0.717, 1.165) is 32.2 Å². The lowest BCUT2D eigenvalue weighted by molar-refractivity contribution is 0.215. The number of rotatable bonds is 3.